The van der Waals surface area contributed by atoms with Crippen LogP contribution in [0.2, 0.25) is 0 Å². The van der Waals surface area contributed by atoms with Crippen molar-refractivity contribution in [3.63, 3.8) is 0 Å². The van der Waals surface area contributed by atoms with Crippen molar-refractivity contribution in [2.75, 3.05) is 26.3 Å². The van der Waals surface area contributed by atoms with E-state index in [0.717, 1.165) is 32.2 Å². The van der Waals surface area contributed by atoms with Gasteiger partial charge in [-0.1, -0.05) is 0 Å². The highest BCUT2D eigenvalue weighted by Gasteiger charge is 2.26. The van der Waals surface area contributed by atoms with Crippen LogP contribution in [0.5, 0.6) is 0 Å². The standard InChI is InChI=1S/C9H18N2O/c1-7(8-2-3-12-6-8)11-9-4-10-5-9/h7-11H,2-6H2,1H3. The Bertz CT molecular complexity index is 141. The highest BCUT2D eigenvalue weighted by molar-refractivity contribution is 4.86. The second-order valence-electron chi connectivity index (χ2n) is 3.93. The summed E-state index contributed by atoms with van der Waals surface area (Å²) >= 11 is 0. The first-order chi connectivity index (χ1) is 5.86. The first kappa shape index (κ1) is 8.48. The third kappa shape index (κ3) is 1.79. The van der Waals surface area contributed by atoms with Gasteiger partial charge in [0.05, 0.1) is 6.61 Å². The monoisotopic (exact) mass is 170 g/mol. The maximum atomic E-state index is 5.36. The van der Waals surface area contributed by atoms with Crippen molar-refractivity contribution in [3.8, 4) is 0 Å². The predicted octanol–water partition coefficient (Wildman–Crippen LogP) is -0.0272. The van der Waals surface area contributed by atoms with Crippen LogP contribution in [0.4, 0.5) is 0 Å². The summed E-state index contributed by atoms with van der Waals surface area (Å²) in [5.74, 6) is 0.741. The lowest BCUT2D eigenvalue weighted by Gasteiger charge is -2.33. The fourth-order valence-electron chi connectivity index (χ4n) is 1.86. The zero-order valence-corrected chi connectivity index (χ0v) is 7.68. The van der Waals surface area contributed by atoms with Crippen LogP contribution in [-0.2, 0) is 4.74 Å². The molecule has 3 nitrogen and oxygen atoms in total. The average Bonchev–Trinajstić information content (AvgIpc) is 2.47. The number of hydrogen-bond acceptors (Lipinski definition) is 3. The molecule has 0 spiro atoms. The van der Waals surface area contributed by atoms with E-state index >= 15 is 0 Å². The summed E-state index contributed by atoms with van der Waals surface area (Å²) in [7, 11) is 0. The lowest BCUT2D eigenvalue weighted by molar-refractivity contribution is 0.174. The summed E-state index contributed by atoms with van der Waals surface area (Å²) in [5, 5.41) is 6.88. The van der Waals surface area contributed by atoms with Crippen LogP contribution >= 0.6 is 0 Å². The van der Waals surface area contributed by atoms with E-state index in [4.69, 9.17) is 4.74 Å². The van der Waals surface area contributed by atoms with Gasteiger partial charge in [0.2, 0.25) is 0 Å². The predicted molar refractivity (Wildman–Crippen MR) is 48.2 cm³/mol. The zero-order valence-electron chi connectivity index (χ0n) is 7.68. The van der Waals surface area contributed by atoms with Crippen molar-refractivity contribution in [1.29, 1.82) is 0 Å². The van der Waals surface area contributed by atoms with Crippen LogP contribution in [-0.4, -0.2) is 38.4 Å². The van der Waals surface area contributed by atoms with E-state index in [0.29, 0.717) is 12.1 Å². The van der Waals surface area contributed by atoms with Crippen molar-refractivity contribution in [1.82, 2.24) is 10.6 Å². The molecule has 2 unspecified atom stereocenters. The van der Waals surface area contributed by atoms with Gasteiger partial charge in [-0.05, 0) is 19.3 Å². The Labute approximate surface area is 73.9 Å². The molecule has 2 atom stereocenters. The Morgan fingerprint density at radius 3 is 2.83 bits per heavy atom. The van der Waals surface area contributed by atoms with Crippen molar-refractivity contribution in [3.05, 3.63) is 0 Å². The van der Waals surface area contributed by atoms with Gasteiger partial charge in [0.1, 0.15) is 0 Å². The first-order valence-electron chi connectivity index (χ1n) is 4.91. The molecule has 0 radical (unpaired) electrons. The van der Waals surface area contributed by atoms with Crippen molar-refractivity contribution < 1.29 is 4.74 Å². The fourth-order valence-corrected chi connectivity index (χ4v) is 1.86. The van der Waals surface area contributed by atoms with Crippen LogP contribution in [0.15, 0.2) is 0 Å². The molecule has 0 aliphatic carbocycles. The lowest BCUT2D eigenvalue weighted by Crippen LogP contribution is -2.58. The summed E-state index contributed by atoms with van der Waals surface area (Å²) < 4.78 is 5.36. The van der Waals surface area contributed by atoms with E-state index in [-0.39, 0.29) is 0 Å². The molecule has 0 bridgehead atoms. The van der Waals surface area contributed by atoms with Crippen molar-refractivity contribution in [2.45, 2.75) is 25.4 Å². The van der Waals surface area contributed by atoms with Crippen molar-refractivity contribution >= 4 is 0 Å². The molecule has 2 rings (SSSR count). The molecule has 3 heteroatoms. The van der Waals surface area contributed by atoms with Gasteiger partial charge in [-0.25, -0.2) is 0 Å². The average molecular weight is 170 g/mol. The first-order valence-corrected chi connectivity index (χ1v) is 4.91. The molecule has 0 amide bonds. The highest BCUT2D eigenvalue weighted by Crippen LogP contribution is 2.16. The van der Waals surface area contributed by atoms with Gasteiger partial charge in [-0.15, -0.1) is 0 Å². The van der Waals surface area contributed by atoms with Crippen LogP contribution in [0.3, 0.4) is 0 Å². The molecule has 2 heterocycles. The molecule has 0 aromatic rings. The summed E-state index contributed by atoms with van der Waals surface area (Å²) in [5.41, 5.74) is 0. The van der Waals surface area contributed by atoms with Gasteiger partial charge >= 0.3 is 0 Å². The minimum absolute atomic E-state index is 0.625. The Morgan fingerprint density at radius 1 is 1.50 bits per heavy atom. The molecule has 12 heavy (non-hydrogen) atoms. The van der Waals surface area contributed by atoms with Gasteiger partial charge in [0.25, 0.3) is 0 Å². The maximum absolute atomic E-state index is 5.36. The zero-order chi connectivity index (χ0) is 8.39. The second-order valence-corrected chi connectivity index (χ2v) is 3.93. The second kappa shape index (κ2) is 3.73. The summed E-state index contributed by atoms with van der Waals surface area (Å²) in [6, 6.07) is 1.33. The summed E-state index contributed by atoms with van der Waals surface area (Å²) in [6.07, 6.45) is 1.23. The molecule has 2 fully saturated rings. The fraction of sp³-hybridized carbons (Fsp3) is 1.00. The third-order valence-corrected chi connectivity index (χ3v) is 2.95. The summed E-state index contributed by atoms with van der Waals surface area (Å²) in [6.45, 7) is 6.46. The third-order valence-electron chi connectivity index (χ3n) is 2.95. The Kier molecular flexibility index (Phi) is 2.63. The topological polar surface area (TPSA) is 33.3 Å². The molecule has 2 N–H and O–H groups in total. The molecular formula is C9H18N2O. The molecule has 2 aliphatic heterocycles. The van der Waals surface area contributed by atoms with Gasteiger partial charge in [-0.2, -0.15) is 0 Å². The maximum Gasteiger partial charge on any atom is 0.0509 e. The highest BCUT2D eigenvalue weighted by atomic mass is 16.5. The molecule has 0 aromatic carbocycles. The number of hydrogen-bond donors (Lipinski definition) is 2. The van der Waals surface area contributed by atoms with Gasteiger partial charge in [0.15, 0.2) is 0 Å². The normalized spacial score (nSPS) is 33.2. The number of ether oxygens (including phenoxy) is 1. The molecule has 2 aliphatic rings. The van der Waals surface area contributed by atoms with E-state index in [1.54, 1.807) is 0 Å². The Hall–Kier alpha value is -0.120. The van der Waals surface area contributed by atoms with E-state index in [1.807, 2.05) is 0 Å². The van der Waals surface area contributed by atoms with Crippen LogP contribution in [0, 0.1) is 5.92 Å². The van der Waals surface area contributed by atoms with E-state index < -0.39 is 0 Å². The van der Waals surface area contributed by atoms with Crippen LogP contribution in [0.1, 0.15) is 13.3 Å². The Morgan fingerprint density at radius 2 is 2.33 bits per heavy atom. The van der Waals surface area contributed by atoms with Crippen molar-refractivity contribution in [2.24, 2.45) is 5.92 Å². The molecule has 2 saturated heterocycles. The number of nitrogens with one attached hydrogen (secondary N) is 2. The van der Waals surface area contributed by atoms with E-state index in [2.05, 4.69) is 17.6 Å². The lowest BCUT2D eigenvalue weighted by atomic mass is 9.99. The minimum atomic E-state index is 0.625. The largest absolute Gasteiger partial charge is 0.381 e. The quantitative estimate of drug-likeness (QED) is 0.624. The van der Waals surface area contributed by atoms with Crippen LogP contribution in [0.25, 0.3) is 0 Å². The van der Waals surface area contributed by atoms with Crippen LogP contribution < -0.4 is 10.6 Å². The summed E-state index contributed by atoms with van der Waals surface area (Å²) in [4.78, 5) is 0. The molecular weight excluding hydrogens is 152 g/mol. The van der Waals surface area contributed by atoms with E-state index in [9.17, 15) is 0 Å². The molecule has 0 aromatic heterocycles. The minimum Gasteiger partial charge on any atom is -0.381 e. The SMILES string of the molecule is CC(NC1CNC1)C1CCOC1. The number of rotatable bonds is 3. The van der Waals surface area contributed by atoms with E-state index in [1.165, 1.54) is 6.42 Å². The van der Waals surface area contributed by atoms with Gasteiger partial charge in [0, 0.05) is 31.8 Å². The Balaban J connectivity index is 1.71. The smallest absolute Gasteiger partial charge is 0.0509 e. The van der Waals surface area contributed by atoms with Gasteiger partial charge in [-0.3, -0.25) is 0 Å². The molecule has 0 saturated carbocycles. The molecule has 70 valence electrons. The van der Waals surface area contributed by atoms with Gasteiger partial charge < -0.3 is 15.4 Å².